The highest BCUT2D eigenvalue weighted by Gasteiger charge is 2.23. The van der Waals surface area contributed by atoms with E-state index in [4.69, 9.17) is 11.6 Å². The zero-order chi connectivity index (χ0) is 17.4. The maximum atomic E-state index is 12.6. The molecule has 0 atom stereocenters. The molecule has 2 aromatic heterocycles. The number of anilines is 1. The molecule has 4 nitrogen and oxygen atoms in total. The third-order valence-electron chi connectivity index (χ3n) is 2.96. The number of halogens is 4. The molecular weight excluding hydrogens is 446 g/mol. The highest BCUT2D eigenvalue weighted by atomic mass is 79.9. The van der Waals surface area contributed by atoms with Crippen LogP contribution in [0.15, 0.2) is 22.8 Å². The van der Waals surface area contributed by atoms with Crippen molar-refractivity contribution in [2.75, 3.05) is 5.32 Å². The second-order valence-corrected chi connectivity index (χ2v) is 8.09. The van der Waals surface area contributed by atoms with E-state index in [2.05, 4.69) is 31.0 Å². The molecule has 0 unspecified atom stereocenters. The van der Waals surface area contributed by atoms with Crippen molar-refractivity contribution in [2.24, 2.45) is 0 Å². The summed E-state index contributed by atoms with van der Waals surface area (Å²) >= 11 is 12.0. The number of alkyl halides is 2. The van der Waals surface area contributed by atoms with Crippen molar-refractivity contribution in [3.63, 3.8) is 0 Å². The Hall–Kier alpha value is -1.29. The van der Waals surface area contributed by atoms with Crippen molar-refractivity contribution in [2.45, 2.75) is 13.5 Å². The number of carbonyl (C=O) groups excluding carboxylic acids is 1. The molecule has 0 radical (unpaired) electrons. The number of aromatic nitrogens is 1. The van der Waals surface area contributed by atoms with Gasteiger partial charge in [-0.05, 0) is 35.0 Å². The summed E-state index contributed by atoms with van der Waals surface area (Å²) in [5, 5.41) is 3.43. The zero-order valence-corrected chi connectivity index (χ0v) is 15.9. The Morgan fingerprint density at radius 2 is 2.17 bits per heavy atom. The molecule has 2 heterocycles. The Kier molecular flexibility index (Phi) is 5.05. The fraction of sp³-hybridized carbons (Fsp3) is 0.143. The van der Waals surface area contributed by atoms with E-state index in [1.165, 1.54) is 17.4 Å². The monoisotopic (exact) mass is 452 g/mol. The minimum atomic E-state index is -2.99. The number of carbonyl (C=O) groups is 1. The van der Waals surface area contributed by atoms with E-state index < -0.39 is 12.5 Å². The molecular formula is C14H8BrClF2N2O2S2. The summed E-state index contributed by atoms with van der Waals surface area (Å²) in [5.41, 5.74) is 0. The van der Waals surface area contributed by atoms with Gasteiger partial charge in [-0.25, -0.2) is 4.98 Å². The van der Waals surface area contributed by atoms with Gasteiger partial charge in [0, 0.05) is 15.5 Å². The first-order valence-electron chi connectivity index (χ1n) is 6.46. The summed E-state index contributed by atoms with van der Waals surface area (Å²) in [6, 6.07) is 2.95. The van der Waals surface area contributed by atoms with E-state index in [-0.39, 0.29) is 21.0 Å². The smallest absolute Gasteiger partial charge is 0.387 e. The molecule has 0 saturated heterocycles. The van der Waals surface area contributed by atoms with Gasteiger partial charge in [-0.15, -0.1) is 22.7 Å². The van der Waals surface area contributed by atoms with E-state index in [0.717, 1.165) is 16.2 Å². The van der Waals surface area contributed by atoms with E-state index in [9.17, 15) is 13.6 Å². The van der Waals surface area contributed by atoms with Crippen LogP contribution in [-0.4, -0.2) is 17.5 Å². The molecule has 3 aromatic rings. The number of rotatable bonds is 4. The zero-order valence-electron chi connectivity index (χ0n) is 11.9. The Labute approximate surface area is 156 Å². The van der Waals surface area contributed by atoms with Gasteiger partial charge in [-0.3, -0.25) is 10.1 Å². The van der Waals surface area contributed by atoms with Crippen LogP contribution in [0.25, 0.3) is 10.1 Å². The molecule has 1 N–H and O–H groups in total. The van der Waals surface area contributed by atoms with Crippen LogP contribution in [0, 0.1) is 6.92 Å². The van der Waals surface area contributed by atoms with E-state index in [1.807, 2.05) is 6.92 Å². The highest BCUT2D eigenvalue weighted by Crippen LogP contribution is 2.44. The first-order chi connectivity index (χ1) is 11.4. The van der Waals surface area contributed by atoms with Crippen molar-refractivity contribution in [3.05, 3.63) is 37.6 Å². The van der Waals surface area contributed by atoms with E-state index in [0.29, 0.717) is 14.3 Å². The average molecular weight is 454 g/mol. The predicted molar refractivity (Wildman–Crippen MR) is 96.0 cm³/mol. The molecule has 0 saturated carbocycles. The molecule has 10 heteroatoms. The van der Waals surface area contributed by atoms with Crippen molar-refractivity contribution in [3.8, 4) is 5.75 Å². The lowest BCUT2D eigenvalue weighted by Gasteiger charge is -2.07. The number of benzene rings is 1. The number of hydrogen-bond acceptors (Lipinski definition) is 5. The number of aryl methyl sites for hydroxylation is 1. The summed E-state index contributed by atoms with van der Waals surface area (Å²) in [5.74, 6) is -0.529. The third-order valence-corrected chi connectivity index (χ3v) is 6.42. The number of nitrogens with zero attached hydrogens (tertiary/aromatic N) is 1. The van der Waals surface area contributed by atoms with Gasteiger partial charge < -0.3 is 4.74 Å². The number of nitrogens with one attached hydrogen (secondary N) is 1. The van der Waals surface area contributed by atoms with Gasteiger partial charge in [0.25, 0.3) is 5.91 Å². The first kappa shape index (κ1) is 17.5. The molecule has 0 spiro atoms. The minimum Gasteiger partial charge on any atom is -0.434 e. The Morgan fingerprint density at radius 1 is 1.42 bits per heavy atom. The molecule has 24 heavy (non-hydrogen) atoms. The van der Waals surface area contributed by atoms with Crippen LogP contribution in [-0.2, 0) is 0 Å². The second-order valence-electron chi connectivity index (χ2n) is 4.60. The minimum absolute atomic E-state index is 0.0673. The van der Waals surface area contributed by atoms with Crippen LogP contribution in [0.3, 0.4) is 0 Å². The number of thiazole rings is 1. The molecule has 0 bridgehead atoms. The SMILES string of the molecule is Cc1cnc(NC(=O)c2sc3c(Br)ccc(OC(F)F)c3c2Cl)s1. The summed E-state index contributed by atoms with van der Waals surface area (Å²) < 4.78 is 30.8. The molecule has 0 fully saturated rings. The molecule has 1 aromatic carbocycles. The van der Waals surface area contributed by atoms with Crippen molar-refractivity contribution >= 4 is 71.3 Å². The summed E-state index contributed by atoms with van der Waals surface area (Å²) in [6.45, 7) is -1.12. The number of fused-ring (bicyclic) bond motifs is 1. The lowest BCUT2D eigenvalue weighted by atomic mass is 10.2. The van der Waals surface area contributed by atoms with Crippen LogP contribution in [0.2, 0.25) is 5.02 Å². The van der Waals surface area contributed by atoms with Gasteiger partial charge in [0.1, 0.15) is 10.6 Å². The van der Waals surface area contributed by atoms with Crippen LogP contribution >= 0.6 is 50.2 Å². The molecule has 1 amide bonds. The number of hydrogen-bond donors (Lipinski definition) is 1. The lowest BCUT2D eigenvalue weighted by Crippen LogP contribution is -2.10. The van der Waals surface area contributed by atoms with Crippen molar-refractivity contribution in [1.82, 2.24) is 4.98 Å². The quantitative estimate of drug-likeness (QED) is 0.532. The maximum Gasteiger partial charge on any atom is 0.387 e. The fourth-order valence-corrected chi connectivity index (χ4v) is 4.70. The van der Waals surface area contributed by atoms with Gasteiger partial charge in [0.2, 0.25) is 0 Å². The summed E-state index contributed by atoms with van der Waals surface area (Å²) in [4.78, 5) is 17.6. The maximum absolute atomic E-state index is 12.6. The summed E-state index contributed by atoms with van der Waals surface area (Å²) in [6.07, 6.45) is 1.64. The molecule has 3 rings (SSSR count). The van der Waals surface area contributed by atoms with E-state index in [1.54, 1.807) is 12.3 Å². The summed E-state index contributed by atoms with van der Waals surface area (Å²) in [7, 11) is 0. The van der Waals surface area contributed by atoms with Crippen LogP contribution in [0.1, 0.15) is 14.5 Å². The molecule has 0 aliphatic rings. The second kappa shape index (κ2) is 6.91. The van der Waals surface area contributed by atoms with Crippen LogP contribution in [0.4, 0.5) is 13.9 Å². The normalized spacial score (nSPS) is 11.2. The van der Waals surface area contributed by atoms with Crippen LogP contribution in [0.5, 0.6) is 5.75 Å². The van der Waals surface area contributed by atoms with Crippen LogP contribution < -0.4 is 10.1 Å². The van der Waals surface area contributed by atoms with Gasteiger partial charge >= 0.3 is 6.61 Å². The standard InChI is InChI=1S/C14H8BrClF2N2O2S2/c1-5-4-19-14(23-5)20-12(21)11-9(16)8-7(22-13(17)18)3-2-6(15)10(8)24-11/h2-4,13H,1H3,(H,19,20,21). The molecule has 126 valence electrons. The van der Waals surface area contributed by atoms with Gasteiger partial charge in [-0.1, -0.05) is 11.6 Å². The number of ether oxygens (including phenoxy) is 1. The topological polar surface area (TPSA) is 51.2 Å². The Bertz CT molecular complexity index is 929. The Morgan fingerprint density at radius 3 is 2.79 bits per heavy atom. The van der Waals surface area contributed by atoms with Crippen molar-refractivity contribution in [1.29, 1.82) is 0 Å². The number of thiophene rings is 1. The lowest BCUT2D eigenvalue weighted by molar-refractivity contribution is -0.0487. The van der Waals surface area contributed by atoms with Gasteiger partial charge in [0.05, 0.1) is 15.1 Å². The largest absolute Gasteiger partial charge is 0.434 e. The highest BCUT2D eigenvalue weighted by molar-refractivity contribution is 9.10. The molecule has 0 aliphatic heterocycles. The Balaban J connectivity index is 2.04. The van der Waals surface area contributed by atoms with E-state index >= 15 is 0 Å². The van der Waals surface area contributed by atoms with Gasteiger partial charge in [-0.2, -0.15) is 8.78 Å². The van der Waals surface area contributed by atoms with Gasteiger partial charge in [0.15, 0.2) is 5.13 Å². The predicted octanol–water partition coefficient (Wildman–Crippen LogP) is 5.94. The number of amides is 1. The third kappa shape index (κ3) is 3.39. The first-order valence-corrected chi connectivity index (χ1v) is 9.26. The van der Waals surface area contributed by atoms with Crippen molar-refractivity contribution < 1.29 is 18.3 Å². The molecule has 0 aliphatic carbocycles. The average Bonchev–Trinajstić information content (AvgIpc) is 3.06. The fourth-order valence-electron chi connectivity index (χ4n) is 2.01.